The van der Waals surface area contributed by atoms with Gasteiger partial charge in [-0.25, -0.2) is 15.0 Å². The van der Waals surface area contributed by atoms with Crippen molar-refractivity contribution in [3.63, 3.8) is 0 Å². The number of rotatable bonds is 4. The van der Waals surface area contributed by atoms with Crippen LogP contribution in [0.2, 0.25) is 0 Å². The molecule has 2 aromatic rings. The molecule has 0 atom stereocenters. The highest BCUT2D eigenvalue weighted by molar-refractivity contribution is 7.18. The molecule has 0 aliphatic carbocycles. The van der Waals surface area contributed by atoms with Crippen LogP contribution in [0.3, 0.4) is 0 Å². The SMILES string of the molecule is NCCNc1ncc(-c2ncccn2)s1. The van der Waals surface area contributed by atoms with Crippen LogP contribution in [0.1, 0.15) is 0 Å². The molecule has 0 aromatic carbocycles. The van der Waals surface area contributed by atoms with Crippen molar-refractivity contribution in [2.45, 2.75) is 0 Å². The van der Waals surface area contributed by atoms with E-state index in [1.165, 1.54) is 11.3 Å². The molecule has 2 rings (SSSR count). The molecule has 0 unspecified atom stereocenters. The van der Waals surface area contributed by atoms with Crippen molar-refractivity contribution in [3.8, 4) is 10.7 Å². The lowest BCUT2D eigenvalue weighted by molar-refractivity contribution is 1.02. The molecule has 0 bridgehead atoms. The topological polar surface area (TPSA) is 76.7 Å². The third kappa shape index (κ3) is 2.48. The Balaban J connectivity index is 2.14. The number of nitrogens with two attached hydrogens (primary N) is 1. The van der Waals surface area contributed by atoms with Crippen molar-refractivity contribution in [2.24, 2.45) is 5.73 Å². The van der Waals surface area contributed by atoms with E-state index in [0.717, 1.165) is 16.6 Å². The van der Waals surface area contributed by atoms with Crippen LogP contribution < -0.4 is 11.1 Å². The molecule has 0 saturated carbocycles. The van der Waals surface area contributed by atoms with Gasteiger partial charge in [0, 0.05) is 25.5 Å². The first-order chi connectivity index (χ1) is 7.40. The van der Waals surface area contributed by atoms with E-state index in [9.17, 15) is 0 Å². The summed E-state index contributed by atoms with van der Waals surface area (Å²) in [5.41, 5.74) is 5.38. The summed E-state index contributed by atoms with van der Waals surface area (Å²) in [6, 6.07) is 1.79. The Kier molecular flexibility index (Phi) is 3.21. The van der Waals surface area contributed by atoms with E-state index >= 15 is 0 Å². The van der Waals surface area contributed by atoms with Gasteiger partial charge in [-0.05, 0) is 6.07 Å². The molecule has 0 saturated heterocycles. The van der Waals surface area contributed by atoms with Crippen molar-refractivity contribution in [1.29, 1.82) is 0 Å². The minimum atomic E-state index is 0.594. The van der Waals surface area contributed by atoms with Crippen LogP contribution in [-0.4, -0.2) is 28.0 Å². The molecule has 0 radical (unpaired) electrons. The Morgan fingerprint density at radius 2 is 2.07 bits per heavy atom. The van der Waals surface area contributed by atoms with Crippen molar-refractivity contribution >= 4 is 16.5 Å². The van der Waals surface area contributed by atoms with E-state index in [1.54, 1.807) is 24.7 Å². The fourth-order valence-corrected chi connectivity index (χ4v) is 1.85. The van der Waals surface area contributed by atoms with Gasteiger partial charge in [0.2, 0.25) is 0 Å². The second kappa shape index (κ2) is 4.81. The van der Waals surface area contributed by atoms with Crippen LogP contribution in [0.25, 0.3) is 10.7 Å². The van der Waals surface area contributed by atoms with E-state index < -0.39 is 0 Å². The highest BCUT2D eigenvalue weighted by Crippen LogP contribution is 2.25. The number of nitrogens with zero attached hydrogens (tertiary/aromatic N) is 3. The zero-order valence-electron chi connectivity index (χ0n) is 8.05. The lowest BCUT2D eigenvalue weighted by atomic mass is 10.5. The largest absolute Gasteiger partial charge is 0.360 e. The van der Waals surface area contributed by atoms with Gasteiger partial charge in [-0.1, -0.05) is 11.3 Å². The van der Waals surface area contributed by atoms with Crippen molar-refractivity contribution < 1.29 is 0 Å². The van der Waals surface area contributed by atoms with Gasteiger partial charge in [0.05, 0.1) is 11.1 Å². The maximum absolute atomic E-state index is 5.38. The molecule has 0 fully saturated rings. The molecule has 0 aliphatic rings. The fraction of sp³-hybridized carbons (Fsp3) is 0.222. The van der Waals surface area contributed by atoms with Crippen molar-refractivity contribution in [3.05, 3.63) is 24.7 Å². The summed E-state index contributed by atoms with van der Waals surface area (Å²) in [7, 11) is 0. The maximum Gasteiger partial charge on any atom is 0.183 e. The van der Waals surface area contributed by atoms with Gasteiger partial charge in [-0.15, -0.1) is 0 Å². The molecule has 2 heterocycles. The Hall–Kier alpha value is -1.53. The molecule has 0 aliphatic heterocycles. The van der Waals surface area contributed by atoms with Crippen LogP contribution in [0.15, 0.2) is 24.7 Å². The zero-order chi connectivity index (χ0) is 10.5. The van der Waals surface area contributed by atoms with Gasteiger partial charge in [0.25, 0.3) is 0 Å². The molecular formula is C9H11N5S. The molecule has 78 valence electrons. The molecule has 6 heteroatoms. The van der Waals surface area contributed by atoms with Crippen LogP contribution in [0, 0.1) is 0 Å². The van der Waals surface area contributed by atoms with Gasteiger partial charge < -0.3 is 11.1 Å². The second-order valence-electron chi connectivity index (χ2n) is 2.82. The molecule has 5 nitrogen and oxygen atoms in total. The van der Waals surface area contributed by atoms with Gasteiger partial charge in [0.15, 0.2) is 11.0 Å². The summed E-state index contributed by atoms with van der Waals surface area (Å²) in [6.45, 7) is 1.32. The van der Waals surface area contributed by atoms with E-state index in [2.05, 4.69) is 20.3 Å². The monoisotopic (exact) mass is 221 g/mol. The van der Waals surface area contributed by atoms with E-state index in [1.807, 2.05) is 0 Å². The number of hydrogen-bond donors (Lipinski definition) is 2. The predicted molar refractivity (Wildman–Crippen MR) is 60.7 cm³/mol. The molecule has 2 aromatic heterocycles. The Morgan fingerprint density at radius 1 is 1.27 bits per heavy atom. The number of aromatic nitrogens is 3. The van der Waals surface area contributed by atoms with Gasteiger partial charge >= 0.3 is 0 Å². The Labute approximate surface area is 91.4 Å². The van der Waals surface area contributed by atoms with Crippen LogP contribution >= 0.6 is 11.3 Å². The summed E-state index contributed by atoms with van der Waals surface area (Å²) < 4.78 is 0. The molecule has 15 heavy (non-hydrogen) atoms. The predicted octanol–water partition coefficient (Wildman–Crippen LogP) is 0.971. The smallest absolute Gasteiger partial charge is 0.183 e. The first-order valence-electron chi connectivity index (χ1n) is 4.57. The van der Waals surface area contributed by atoms with E-state index in [4.69, 9.17) is 5.73 Å². The highest BCUT2D eigenvalue weighted by atomic mass is 32.1. The zero-order valence-corrected chi connectivity index (χ0v) is 8.87. The number of thiazole rings is 1. The quantitative estimate of drug-likeness (QED) is 0.804. The molecule has 0 spiro atoms. The van der Waals surface area contributed by atoms with Gasteiger partial charge in [-0.2, -0.15) is 0 Å². The third-order valence-electron chi connectivity index (χ3n) is 1.71. The average molecular weight is 221 g/mol. The lowest BCUT2D eigenvalue weighted by Gasteiger charge is -1.96. The number of hydrogen-bond acceptors (Lipinski definition) is 6. The molecule has 0 amide bonds. The van der Waals surface area contributed by atoms with Gasteiger partial charge in [-0.3, -0.25) is 0 Å². The lowest BCUT2D eigenvalue weighted by Crippen LogP contribution is -2.12. The number of nitrogens with one attached hydrogen (secondary N) is 1. The van der Waals surface area contributed by atoms with E-state index in [0.29, 0.717) is 12.4 Å². The Morgan fingerprint density at radius 3 is 2.80 bits per heavy atom. The average Bonchev–Trinajstić information content (AvgIpc) is 2.76. The fourth-order valence-electron chi connectivity index (χ4n) is 1.06. The standard InChI is InChI=1S/C9H11N5S/c10-2-5-13-9-14-6-7(15-9)8-11-3-1-4-12-8/h1,3-4,6H,2,5,10H2,(H,13,14). The van der Waals surface area contributed by atoms with Gasteiger partial charge in [0.1, 0.15) is 0 Å². The minimum absolute atomic E-state index is 0.594. The van der Waals surface area contributed by atoms with Crippen molar-refractivity contribution in [1.82, 2.24) is 15.0 Å². The maximum atomic E-state index is 5.38. The summed E-state index contributed by atoms with van der Waals surface area (Å²) in [4.78, 5) is 13.5. The summed E-state index contributed by atoms with van der Waals surface area (Å²) in [6.07, 6.45) is 5.20. The third-order valence-corrected chi connectivity index (χ3v) is 2.66. The van der Waals surface area contributed by atoms with Crippen LogP contribution in [-0.2, 0) is 0 Å². The summed E-state index contributed by atoms with van der Waals surface area (Å²) in [5, 5.41) is 3.96. The first-order valence-corrected chi connectivity index (χ1v) is 5.39. The van der Waals surface area contributed by atoms with E-state index in [-0.39, 0.29) is 0 Å². The van der Waals surface area contributed by atoms with Crippen LogP contribution in [0.4, 0.5) is 5.13 Å². The Bertz CT molecular complexity index is 413. The second-order valence-corrected chi connectivity index (χ2v) is 3.85. The first kappa shape index (κ1) is 10.0. The number of anilines is 1. The molecule has 3 N–H and O–H groups in total. The van der Waals surface area contributed by atoms with Crippen LogP contribution in [0.5, 0.6) is 0 Å². The van der Waals surface area contributed by atoms with Crippen molar-refractivity contribution in [2.75, 3.05) is 18.4 Å². The normalized spacial score (nSPS) is 10.2. The molecular weight excluding hydrogens is 210 g/mol. The summed E-state index contributed by atoms with van der Waals surface area (Å²) >= 11 is 1.52. The highest BCUT2D eigenvalue weighted by Gasteiger charge is 2.05. The minimum Gasteiger partial charge on any atom is -0.360 e. The summed E-state index contributed by atoms with van der Waals surface area (Å²) in [5.74, 6) is 0.704.